The summed E-state index contributed by atoms with van der Waals surface area (Å²) in [5, 5.41) is 7.82. The molecular formula is C14H12ClN3S2. The Morgan fingerprint density at radius 1 is 1.25 bits per heavy atom. The topological polar surface area (TPSA) is 29.0 Å². The van der Waals surface area contributed by atoms with Crippen LogP contribution in [0.15, 0.2) is 28.3 Å². The highest BCUT2D eigenvalue weighted by atomic mass is 35.5. The van der Waals surface area contributed by atoms with E-state index in [0.29, 0.717) is 11.3 Å². The van der Waals surface area contributed by atoms with Gasteiger partial charge in [0, 0.05) is 12.6 Å². The molecule has 3 aromatic rings. The lowest BCUT2D eigenvalue weighted by Crippen LogP contribution is -2.26. The van der Waals surface area contributed by atoms with Crippen LogP contribution in [0.1, 0.15) is 18.4 Å². The number of hydrogen-bond donors (Lipinski definition) is 0. The molecule has 1 saturated carbocycles. The molecule has 3 nitrogen and oxygen atoms in total. The van der Waals surface area contributed by atoms with Crippen molar-refractivity contribution in [1.29, 1.82) is 0 Å². The van der Waals surface area contributed by atoms with Gasteiger partial charge in [0.15, 0.2) is 0 Å². The zero-order valence-electron chi connectivity index (χ0n) is 10.6. The van der Waals surface area contributed by atoms with Crippen LogP contribution in [0.4, 0.5) is 5.82 Å². The molecule has 4 rings (SSSR count). The average molecular weight is 322 g/mol. The van der Waals surface area contributed by atoms with Crippen LogP contribution >= 0.6 is 34.3 Å². The van der Waals surface area contributed by atoms with Crippen molar-refractivity contribution in [2.24, 2.45) is 0 Å². The normalized spacial score (nSPS) is 14.8. The first-order chi connectivity index (χ1) is 9.81. The monoisotopic (exact) mass is 321 g/mol. The van der Waals surface area contributed by atoms with Gasteiger partial charge in [-0.3, -0.25) is 0 Å². The van der Waals surface area contributed by atoms with E-state index in [-0.39, 0.29) is 0 Å². The van der Waals surface area contributed by atoms with Gasteiger partial charge in [0.25, 0.3) is 0 Å². The lowest BCUT2D eigenvalue weighted by molar-refractivity contribution is 0.783. The van der Waals surface area contributed by atoms with E-state index in [0.717, 1.165) is 22.6 Å². The summed E-state index contributed by atoms with van der Waals surface area (Å²) in [5.41, 5.74) is 1.33. The standard InChI is InChI=1S/C14H12ClN3S2/c15-14-16-12(11-4-6-20-13(11)17-14)18(10-1-2-10)7-9-3-5-19-8-9/h3-6,8,10H,1-2,7H2. The van der Waals surface area contributed by atoms with Crippen molar-refractivity contribution in [2.45, 2.75) is 25.4 Å². The van der Waals surface area contributed by atoms with Gasteiger partial charge in [-0.25, -0.2) is 4.98 Å². The molecule has 0 aliphatic heterocycles. The summed E-state index contributed by atoms with van der Waals surface area (Å²) in [4.78, 5) is 12.2. The van der Waals surface area contributed by atoms with Crippen molar-refractivity contribution in [2.75, 3.05) is 4.90 Å². The molecule has 0 radical (unpaired) electrons. The van der Waals surface area contributed by atoms with Crippen molar-refractivity contribution in [3.05, 3.63) is 39.1 Å². The summed E-state index contributed by atoms with van der Waals surface area (Å²) in [6.45, 7) is 0.895. The second-order valence-corrected chi connectivity index (χ2v) is 6.96. The number of fused-ring (bicyclic) bond motifs is 1. The number of anilines is 1. The quantitative estimate of drug-likeness (QED) is 0.659. The average Bonchev–Trinajstić information content (AvgIpc) is 2.96. The minimum absolute atomic E-state index is 0.339. The van der Waals surface area contributed by atoms with E-state index in [4.69, 9.17) is 11.6 Å². The molecule has 20 heavy (non-hydrogen) atoms. The molecule has 1 aliphatic carbocycles. The number of thiophene rings is 2. The molecule has 1 aliphatic rings. The largest absolute Gasteiger partial charge is 0.349 e. The first-order valence-electron chi connectivity index (χ1n) is 6.50. The van der Waals surface area contributed by atoms with Crippen LogP contribution in [0.5, 0.6) is 0 Å². The molecule has 6 heteroatoms. The summed E-state index contributed by atoms with van der Waals surface area (Å²) in [6.07, 6.45) is 2.47. The lowest BCUT2D eigenvalue weighted by atomic mass is 10.2. The summed E-state index contributed by atoms with van der Waals surface area (Å²) in [6, 6.07) is 4.85. The molecule has 0 unspecified atom stereocenters. The third-order valence-electron chi connectivity index (χ3n) is 3.47. The van der Waals surface area contributed by atoms with Gasteiger partial charge < -0.3 is 4.90 Å². The Bertz CT molecular complexity index is 734. The third kappa shape index (κ3) is 2.30. The minimum atomic E-state index is 0.339. The van der Waals surface area contributed by atoms with Gasteiger partial charge in [0.05, 0.1) is 5.39 Å². The molecule has 3 aromatic heterocycles. The minimum Gasteiger partial charge on any atom is -0.349 e. The highest BCUT2D eigenvalue weighted by molar-refractivity contribution is 7.16. The van der Waals surface area contributed by atoms with Crippen molar-refractivity contribution in [3.63, 3.8) is 0 Å². The summed E-state index contributed by atoms with van der Waals surface area (Å²) in [7, 11) is 0. The number of aromatic nitrogens is 2. The molecular weight excluding hydrogens is 310 g/mol. The first-order valence-corrected chi connectivity index (χ1v) is 8.70. The zero-order chi connectivity index (χ0) is 13.5. The molecule has 1 fully saturated rings. The van der Waals surface area contributed by atoms with Gasteiger partial charge in [0.2, 0.25) is 5.28 Å². The van der Waals surface area contributed by atoms with Crippen LogP contribution in [0.3, 0.4) is 0 Å². The molecule has 0 amide bonds. The van der Waals surface area contributed by atoms with Crippen LogP contribution in [-0.4, -0.2) is 16.0 Å². The van der Waals surface area contributed by atoms with Gasteiger partial charge >= 0.3 is 0 Å². The van der Waals surface area contributed by atoms with Gasteiger partial charge in [-0.1, -0.05) is 0 Å². The fourth-order valence-corrected chi connectivity index (χ4v) is 4.01. The molecule has 0 atom stereocenters. The summed E-state index contributed by atoms with van der Waals surface area (Å²) < 4.78 is 0. The van der Waals surface area contributed by atoms with Gasteiger partial charge in [-0.05, 0) is 58.3 Å². The van der Waals surface area contributed by atoms with Crippen LogP contribution in [-0.2, 0) is 6.54 Å². The Labute approximate surface area is 129 Å². The first kappa shape index (κ1) is 12.6. The zero-order valence-corrected chi connectivity index (χ0v) is 13.0. The lowest BCUT2D eigenvalue weighted by Gasteiger charge is -2.23. The van der Waals surface area contributed by atoms with E-state index < -0.39 is 0 Å². The van der Waals surface area contributed by atoms with Crippen molar-refractivity contribution < 1.29 is 0 Å². The second kappa shape index (κ2) is 4.98. The summed E-state index contributed by atoms with van der Waals surface area (Å²) >= 11 is 9.44. The molecule has 0 saturated heterocycles. The van der Waals surface area contributed by atoms with Crippen LogP contribution in [0, 0.1) is 0 Å². The van der Waals surface area contributed by atoms with Crippen molar-refractivity contribution >= 4 is 50.3 Å². The highest BCUT2D eigenvalue weighted by Gasteiger charge is 2.31. The van der Waals surface area contributed by atoms with E-state index >= 15 is 0 Å². The number of rotatable bonds is 4. The Balaban J connectivity index is 1.79. The van der Waals surface area contributed by atoms with E-state index in [1.807, 2.05) is 0 Å². The third-order valence-corrected chi connectivity index (χ3v) is 5.18. The van der Waals surface area contributed by atoms with E-state index in [9.17, 15) is 0 Å². The Morgan fingerprint density at radius 3 is 2.90 bits per heavy atom. The Morgan fingerprint density at radius 2 is 2.15 bits per heavy atom. The smallest absolute Gasteiger partial charge is 0.225 e. The van der Waals surface area contributed by atoms with Crippen LogP contribution in [0.2, 0.25) is 5.28 Å². The fraction of sp³-hybridized carbons (Fsp3) is 0.286. The van der Waals surface area contributed by atoms with E-state index in [2.05, 4.69) is 43.1 Å². The number of halogens is 1. The number of nitrogens with zero attached hydrogens (tertiary/aromatic N) is 3. The highest BCUT2D eigenvalue weighted by Crippen LogP contribution is 2.37. The predicted octanol–water partition coefficient (Wildman–Crippen LogP) is 4.58. The molecule has 0 N–H and O–H groups in total. The van der Waals surface area contributed by atoms with E-state index in [1.165, 1.54) is 18.4 Å². The second-order valence-electron chi connectivity index (χ2n) is 4.95. The molecule has 3 heterocycles. The van der Waals surface area contributed by atoms with Gasteiger partial charge in [-0.2, -0.15) is 16.3 Å². The molecule has 0 spiro atoms. The summed E-state index contributed by atoms with van der Waals surface area (Å²) in [5.74, 6) is 0.981. The van der Waals surface area contributed by atoms with Crippen LogP contribution < -0.4 is 4.90 Å². The molecule has 102 valence electrons. The van der Waals surface area contributed by atoms with Gasteiger partial charge in [-0.15, -0.1) is 11.3 Å². The fourth-order valence-electron chi connectivity index (χ4n) is 2.38. The maximum absolute atomic E-state index is 6.09. The molecule has 0 aromatic carbocycles. The Hall–Kier alpha value is -1.17. The Kier molecular flexibility index (Phi) is 3.13. The molecule has 0 bridgehead atoms. The SMILES string of the molecule is Clc1nc(N(Cc2ccsc2)C2CC2)c2ccsc2n1. The maximum Gasteiger partial charge on any atom is 0.225 e. The maximum atomic E-state index is 6.09. The number of hydrogen-bond acceptors (Lipinski definition) is 5. The predicted molar refractivity (Wildman–Crippen MR) is 85.9 cm³/mol. The van der Waals surface area contributed by atoms with E-state index in [1.54, 1.807) is 22.7 Å². The van der Waals surface area contributed by atoms with Gasteiger partial charge in [0.1, 0.15) is 10.6 Å². The van der Waals surface area contributed by atoms with Crippen molar-refractivity contribution in [1.82, 2.24) is 9.97 Å². The van der Waals surface area contributed by atoms with Crippen LogP contribution in [0.25, 0.3) is 10.2 Å². The van der Waals surface area contributed by atoms with Crippen molar-refractivity contribution in [3.8, 4) is 0 Å².